The van der Waals surface area contributed by atoms with Crippen LogP contribution >= 0.6 is 0 Å². The van der Waals surface area contributed by atoms with Crippen LogP contribution in [0.3, 0.4) is 0 Å². The number of furan rings is 1. The molecule has 0 saturated carbocycles. The average Bonchev–Trinajstić information content (AvgIpc) is 3.17. The van der Waals surface area contributed by atoms with E-state index in [1.165, 1.54) is 6.26 Å². The molecule has 0 radical (unpaired) electrons. The average molecular weight is 334 g/mol. The highest BCUT2D eigenvalue weighted by Gasteiger charge is 2.17. The molecule has 0 spiro atoms. The van der Waals surface area contributed by atoms with Gasteiger partial charge in [0.1, 0.15) is 0 Å². The van der Waals surface area contributed by atoms with Gasteiger partial charge in [0.15, 0.2) is 5.76 Å². The fraction of sp³-hybridized carbons (Fsp3) is 0.100. The Kier molecular flexibility index (Phi) is 4.95. The Bertz CT molecular complexity index is 858. The Labute approximate surface area is 145 Å². The van der Waals surface area contributed by atoms with Crippen molar-refractivity contribution in [3.05, 3.63) is 89.9 Å². The monoisotopic (exact) mass is 334 g/mol. The van der Waals surface area contributed by atoms with Gasteiger partial charge < -0.3 is 15.1 Å². The van der Waals surface area contributed by atoms with E-state index < -0.39 is 5.91 Å². The molecule has 3 rings (SSSR count). The van der Waals surface area contributed by atoms with Crippen molar-refractivity contribution in [3.63, 3.8) is 0 Å². The van der Waals surface area contributed by atoms with Gasteiger partial charge in [0.25, 0.3) is 11.8 Å². The van der Waals surface area contributed by atoms with E-state index in [0.717, 1.165) is 5.56 Å². The van der Waals surface area contributed by atoms with E-state index in [0.29, 0.717) is 11.3 Å². The predicted octanol–water partition coefficient (Wildman–Crippen LogP) is 4.02. The Balaban J connectivity index is 1.76. The van der Waals surface area contributed by atoms with Crippen molar-refractivity contribution in [3.8, 4) is 0 Å². The fourth-order valence-electron chi connectivity index (χ4n) is 2.48. The maximum atomic E-state index is 12.6. The van der Waals surface area contributed by atoms with Crippen LogP contribution in [0.5, 0.6) is 0 Å². The summed E-state index contributed by atoms with van der Waals surface area (Å²) in [5, 5.41) is 5.66. The SMILES string of the molecule is C[C@H](NC(=O)c1ccccc1NC(=O)c1ccco1)c1ccccc1. The molecule has 0 bridgehead atoms. The lowest BCUT2D eigenvalue weighted by molar-refractivity contribution is 0.0941. The molecule has 2 N–H and O–H groups in total. The summed E-state index contributed by atoms with van der Waals surface area (Å²) in [5.41, 5.74) is 1.83. The third-order valence-electron chi connectivity index (χ3n) is 3.81. The van der Waals surface area contributed by atoms with Gasteiger partial charge in [0, 0.05) is 0 Å². The lowest BCUT2D eigenvalue weighted by Gasteiger charge is -2.16. The molecule has 0 aliphatic heterocycles. The third kappa shape index (κ3) is 3.95. The maximum absolute atomic E-state index is 12.6. The van der Waals surface area contributed by atoms with E-state index in [1.807, 2.05) is 37.3 Å². The number of anilines is 1. The predicted molar refractivity (Wildman–Crippen MR) is 95.4 cm³/mol. The van der Waals surface area contributed by atoms with Crippen LogP contribution in [0.4, 0.5) is 5.69 Å². The summed E-state index contributed by atoms with van der Waals surface area (Å²) in [4.78, 5) is 24.8. The second-order valence-electron chi connectivity index (χ2n) is 5.58. The lowest BCUT2D eigenvalue weighted by atomic mass is 10.1. The summed E-state index contributed by atoms with van der Waals surface area (Å²) < 4.78 is 5.08. The number of para-hydroxylation sites is 1. The summed E-state index contributed by atoms with van der Waals surface area (Å²) >= 11 is 0. The van der Waals surface area contributed by atoms with Crippen molar-refractivity contribution < 1.29 is 14.0 Å². The highest BCUT2D eigenvalue weighted by molar-refractivity contribution is 6.07. The van der Waals surface area contributed by atoms with E-state index in [9.17, 15) is 9.59 Å². The molecule has 25 heavy (non-hydrogen) atoms. The zero-order valence-corrected chi connectivity index (χ0v) is 13.7. The first-order valence-corrected chi connectivity index (χ1v) is 7.95. The molecule has 0 aliphatic carbocycles. The number of hydrogen-bond acceptors (Lipinski definition) is 3. The number of hydrogen-bond donors (Lipinski definition) is 2. The summed E-state index contributed by atoms with van der Waals surface area (Å²) in [6, 6.07) is 19.6. The Morgan fingerprint density at radius 1 is 0.880 bits per heavy atom. The second kappa shape index (κ2) is 7.49. The van der Waals surface area contributed by atoms with Gasteiger partial charge in [0.2, 0.25) is 0 Å². The molecule has 3 aromatic rings. The van der Waals surface area contributed by atoms with Crippen LogP contribution in [-0.4, -0.2) is 11.8 Å². The standard InChI is InChI=1S/C20H18N2O3/c1-14(15-8-3-2-4-9-15)21-19(23)16-10-5-6-11-17(16)22-20(24)18-12-7-13-25-18/h2-14H,1H3,(H,21,23)(H,22,24)/t14-/m0/s1. The normalized spacial score (nSPS) is 11.6. The summed E-state index contributed by atoms with van der Waals surface area (Å²) in [6.07, 6.45) is 1.43. The van der Waals surface area contributed by atoms with Crippen LogP contribution in [-0.2, 0) is 0 Å². The first-order chi connectivity index (χ1) is 12.1. The quantitative estimate of drug-likeness (QED) is 0.740. The van der Waals surface area contributed by atoms with Crippen molar-refractivity contribution in [1.29, 1.82) is 0 Å². The summed E-state index contributed by atoms with van der Waals surface area (Å²) in [7, 11) is 0. The second-order valence-corrected chi connectivity index (χ2v) is 5.58. The van der Waals surface area contributed by atoms with Gasteiger partial charge in [0.05, 0.1) is 23.6 Å². The molecule has 1 atom stereocenters. The van der Waals surface area contributed by atoms with E-state index in [1.54, 1.807) is 36.4 Å². The number of carbonyl (C=O) groups excluding carboxylic acids is 2. The van der Waals surface area contributed by atoms with Crippen molar-refractivity contribution in [2.24, 2.45) is 0 Å². The van der Waals surface area contributed by atoms with Crippen molar-refractivity contribution >= 4 is 17.5 Å². The molecule has 1 aromatic heterocycles. The molecule has 5 nitrogen and oxygen atoms in total. The van der Waals surface area contributed by atoms with E-state index in [2.05, 4.69) is 10.6 Å². The molecule has 0 unspecified atom stereocenters. The zero-order chi connectivity index (χ0) is 17.6. The maximum Gasteiger partial charge on any atom is 0.291 e. The minimum Gasteiger partial charge on any atom is -0.459 e. The third-order valence-corrected chi connectivity index (χ3v) is 3.81. The van der Waals surface area contributed by atoms with Gasteiger partial charge in [-0.25, -0.2) is 0 Å². The molecule has 2 amide bonds. The molecule has 1 heterocycles. The molecular formula is C20H18N2O3. The summed E-state index contributed by atoms with van der Waals surface area (Å²) in [5.74, 6) is -0.471. The first-order valence-electron chi connectivity index (χ1n) is 7.95. The smallest absolute Gasteiger partial charge is 0.291 e. The van der Waals surface area contributed by atoms with Crippen LogP contribution in [0.25, 0.3) is 0 Å². The molecule has 2 aromatic carbocycles. The van der Waals surface area contributed by atoms with Gasteiger partial charge in [-0.15, -0.1) is 0 Å². The molecule has 0 fully saturated rings. The fourth-order valence-corrected chi connectivity index (χ4v) is 2.48. The van der Waals surface area contributed by atoms with Gasteiger partial charge in [-0.2, -0.15) is 0 Å². The molecule has 126 valence electrons. The van der Waals surface area contributed by atoms with Crippen molar-refractivity contribution in [2.75, 3.05) is 5.32 Å². The largest absolute Gasteiger partial charge is 0.459 e. The summed E-state index contributed by atoms with van der Waals surface area (Å²) in [6.45, 7) is 1.91. The van der Waals surface area contributed by atoms with Gasteiger partial charge in [-0.1, -0.05) is 42.5 Å². The molecular weight excluding hydrogens is 316 g/mol. The van der Waals surface area contributed by atoms with E-state index in [4.69, 9.17) is 4.42 Å². The zero-order valence-electron chi connectivity index (χ0n) is 13.7. The van der Waals surface area contributed by atoms with Gasteiger partial charge in [-0.3, -0.25) is 9.59 Å². The number of rotatable bonds is 5. The number of carbonyl (C=O) groups is 2. The number of benzene rings is 2. The molecule has 0 saturated heterocycles. The number of amides is 2. The van der Waals surface area contributed by atoms with Crippen LogP contribution in [0.1, 0.15) is 39.4 Å². The van der Waals surface area contributed by atoms with E-state index in [-0.39, 0.29) is 17.7 Å². The highest BCUT2D eigenvalue weighted by Crippen LogP contribution is 2.19. The van der Waals surface area contributed by atoms with Crippen molar-refractivity contribution in [1.82, 2.24) is 5.32 Å². The highest BCUT2D eigenvalue weighted by atomic mass is 16.3. The molecule has 5 heteroatoms. The Hall–Kier alpha value is -3.34. The molecule has 0 aliphatic rings. The van der Waals surface area contributed by atoms with Crippen LogP contribution in [0.2, 0.25) is 0 Å². The topological polar surface area (TPSA) is 71.3 Å². The lowest BCUT2D eigenvalue weighted by Crippen LogP contribution is -2.28. The Morgan fingerprint density at radius 2 is 1.60 bits per heavy atom. The minimum absolute atomic E-state index is 0.150. The van der Waals surface area contributed by atoms with Crippen LogP contribution in [0, 0.1) is 0 Å². The van der Waals surface area contributed by atoms with Crippen molar-refractivity contribution in [2.45, 2.75) is 13.0 Å². The minimum atomic E-state index is -0.402. The van der Waals surface area contributed by atoms with Crippen LogP contribution in [0.15, 0.2) is 77.4 Å². The van der Waals surface area contributed by atoms with Crippen LogP contribution < -0.4 is 10.6 Å². The Morgan fingerprint density at radius 3 is 2.32 bits per heavy atom. The van der Waals surface area contributed by atoms with Gasteiger partial charge >= 0.3 is 0 Å². The van der Waals surface area contributed by atoms with Gasteiger partial charge in [-0.05, 0) is 36.8 Å². The van der Waals surface area contributed by atoms with E-state index >= 15 is 0 Å². The number of nitrogens with one attached hydrogen (secondary N) is 2. The first kappa shape index (κ1) is 16.5.